The van der Waals surface area contributed by atoms with E-state index in [4.69, 9.17) is 43.1 Å². The summed E-state index contributed by atoms with van der Waals surface area (Å²) in [4.78, 5) is 16.7. The van der Waals surface area contributed by atoms with E-state index in [1.54, 1.807) is 18.5 Å². The molecule has 2 saturated heterocycles. The van der Waals surface area contributed by atoms with Gasteiger partial charge in [0.05, 0.1) is 41.6 Å². The minimum Gasteiger partial charge on any atom is -0.461 e. The van der Waals surface area contributed by atoms with Crippen LogP contribution in [0.2, 0.25) is 10.2 Å². The molecule has 3 N–H and O–H groups in total. The average molecular weight is 622 g/mol. The topological polar surface area (TPSA) is 114 Å². The second-order valence-electron chi connectivity index (χ2n) is 8.48. The minimum atomic E-state index is -4.71. The standard InChI is InChI=1S/C23H21Cl2F3N5O4PS/c1-2-35-21(34)13-6-15(33(32-13)14-5-10(24)3-4-11(14)23(26,27)28)22-37-16-8-36-18(16)19(38-22)30-7-12(29)20-31-17(25)9-39-20/h3-7,9,16,18-19,22,30,38H,2,8,29H2,1H3/b12-7-/t16?,18?,19-,22?/m1/s1. The van der Waals surface area contributed by atoms with Crippen molar-refractivity contribution in [1.29, 1.82) is 0 Å². The van der Waals surface area contributed by atoms with Gasteiger partial charge in [0, 0.05) is 16.6 Å². The van der Waals surface area contributed by atoms with Gasteiger partial charge in [0.15, 0.2) is 5.69 Å². The second-order valence-corrected chi connectivity index (χ2v) is 11.6. The number of halogens is 5. The molecule has 9 nitrogen and oxygen atoms in total. The Kier molecular flexibility index (Phi) is 8.10. The van der Waals surface area contributed by atoms with Gasteiger partial charge in [-0.15, -0.1) is 11.3 Å². The van der Waals surface area contributed by atoms with Gasteiger partial charge in [0.2, 0.25) is 0 Å². The van der Waals surface area contributed by atoms with Crippen LogP contribution in [-0.4, -0.2) is 51.9 Å². The Morgan fingerprint density at radius 3 is 2.82 bits per heavy atom. The van der Waals surface area contributed by atoms with Gasteiger partial charge in [-0.3, -0.25) is 0 Å². The van der Waals surface area contributed by atoms with Gasteiger partial charge in [-0.1, -0.05) is 31.8 Å². The molecule has 5 rings (SSSR count). The van der Waals surface area contributed by atoms with Crippen LogP contribution in [-0.2, 0) is 20.4 Å². The molecule has 0 saturated carbocycles. The van der Waals surface area contributed by atoms with Crippen molar-refractivity contribution < 1.29 is 32.2 Å². The van der Waals surface area contributed by atoms with Crippen LogP contribution in [0.3, 0.4) is 0 Å². The maximum Gasteiger partial charge on any atom is 0.418 e. The molecule has 2 aromatic heterocycles. The fraction of sp³-hybridized carbons (Fsp3) is 0.348. The van der Waals surface area contributed by atoms with Crippen LogP contribution in [0.25, 0.3) is 11.4 Å². The first kappa shape index (κ1) is 28.1. The van der Waals surface area contributed by atoms with Crippen molar-refractivity contribution in [3.8, 4) is 5.69 Å². The van der Waals surface area contributed by atoms with E-state index in [2.05, 4.69) is 15.4 Å². The number of ether oxygens (including phenoxy) is 3. The third-order valence-electron chi connectivity index (χ3n) is 5.91. The summed E-state index contributed by atoms with van der Waals surface area (Å²) in [6, 6.07) is 4.55. The number of benzene rings is 1. The first-order chi connectivity index (χ1) is 18.5. The number of aromatic nitrogens is 3. The van der Waals surface area contributed by atoms with Gasteiger partial charge >= 0.3 is 12.1 Å². The highest BCUT2D eigenvalue weighted by Gasteiger charge is 2.47. The van der Waals surface area contributed by atoms with Crippen molar-refractivity contribution in [2.75, 3.05) is 13.2 Å². The van der Waals surface area contributed by atoms with Crippen LogP contribution >= 0.6 is 43.1 Å². The number of hydrogen-bond acceptors (Lipinski definition) is 9. The number of thiazole rings is 1. The quantitative estimate of drug-likeness (QED) is 0.274. The van der Waals surface area contributed by atoms with Crippen LogP contribution in [0.15, 0.2) is 35.8 Å². The van der Waals surface area contributed by atoms with E-state index in [1.807, 2.05) is 0 Å². The Morgan fingerprint density at radius 1 is 1.38 bits per heavy atom. The number of nitrogens with one attached hydrogen (secondary N) is 1. The summed E-state index contributed by atoms with van der Waals surface area (Å²) >= 11 is 13.3. The predicted molar refractivity (Wildman–Crippen MR) is 141 cm³/mol. The Labute approximate surface area is 236 Å². The molecular formula is C23H21Cl2F3N5O4PS. The smallest absolute Gasteiger partial charge is 0.418 e. The SMILES string of the molecule is CCOC(=O)c1cc(C2OC3COC3[C@H](N/C=C(\N)c3nc(Cl)cs3)P2)n(-c2cc(Cl)ccc2C(F)(F)F)n1. The lowest BCUT2D eigenvalue weighted by molar-refractivity contribution is -0.205. The zero-order valence-corrected chi connectivity index (χ0v) is 23.4. The maximum absolute atomic E-state index is 14.0. The summed E-state index contributed by atoms with van der Waals surface area (Å²) < 4.78 is 59.9. The zero-order valence-electron chi connectivity index (χ0n) is 20.0. The molecule has 0 aliphatic carbocycles. The molecule has 5 atom stereocenters. The Bertz CT molecular complexity index is 1420. The van der Waals surface area contributed by atoms with Crippen molar-refractivity contribution >= 4 is 54.8 Å². The van der Waals surface area contributed by atoms with Crippen LogP contribution in [0.4, 0.5) is 13.2 Å². The highest BCUT2D eigenvalue weighted by molar-refractivity contribution is 7.39. The van der Waals surface area contributed by atoms with Crippen molar-refractivity contribution in [1.82, 2.24) is 20.1 Å². The van der Waals surface area contributed by atoms with Crippen LogP contribution in [0.1, 0.15) is 39.5 Å². The molecule has 0 spiro atoms. The molecule has 4 unspecified atom stereocenters. The van der Waals surface area contributed by atoms with Gasteiger partial charge in [-0.25, -0.2) is 14.5 Å². The van der Waals surface area contributed by atoms with E-state index in [-0.39, 0.29) is 55.3 Å². The Morgan fingerprint density at radius 2 is 2.18 bits per heavy atom. The lowest BCUT2D eigenvalue weighted by Gasteiger charge is -2.48. The Balaban J connectivity index is 1.51. The molecule has 39 heavy (non-hydrogen) atoms. The number of esters is 1. The first-order valence-corrected chi connectivity index (χ1v) is 14.3. The van der Waals surface area contributed by atoms with Crippen molar-refractivity contribution in [2.45, 2.75) is 36.9 Å². The fourth-order valence-electron chi connectivity index (χ4n) is 4.11. The average Bonchev–Trinajstić information content (AvgIpc) is 3.50. The lowest BCUT2D eigenvalue weighted by atomic mass is 10.1. The molecule has 2 fully saturated rings. The molecule has 4 heterocycles. The molecule has 0 amide bonds. The van der Waals surface area contributed by atoms with Gasteiger partial charge in [0.25, 0.3) is 0 Å². The van der Waals surface area contributed by atoms with Crippen molar-refractivity contribution in [3.05, 3.63) is 68.0 Å². The molecule has 0 radical (unpaired) electrons. The number of carbonyl (C=O) groups excluding carboxylic acids is 1. The summed E-state index contributed by atoms with van der Waals surface area (Å²) in [6.07, 6.45) is -3.76. The van der Waals surface area contributed by atoms with E-state index >= 15 is 0 Å². The van der Waals surface area contributed by atoms with Gasteiger partial charge < -0.3 is 25.3 Å². The zero-order chi connectivity index (χ0) is 27.9. The number of nitrogens with zero attached hydrogens (tertiary/aromatic N) is 3. The summed E-state index contributed by atoms with van der Waals surface area (Å²) in [7, 11) is -0.0576. The molecule has 208 valence electrons. The van der Waals surface area contributed by atoms with Gasteiger partial charge in [0.1, 0.15) is 28.2 Å². The molecule has 0 bridgehead atoms. The Hall–Kier alpha value is -2.41. The summed E-state index contributed by atoms with van der Waals surface area (Å²) in [5, 5.41) is 10.0. The van der Waals surface area contributed by atoms with Gasteiger partial charge in [-0.05, 0) is 31.2 Å². The predicted octanol–water partition coefficient (Wildman–Crippen LogP) is 5.18. The first-order valence-electron chi connectivity index (χ1n) is 11.6. The number of rotatable bonds is 7. The number of nitrogens with two attached hydrogens (primary N) is 1. The second kappa shape index (κ2) is 11.2. The third-order valence-corrected chi connectivity index (χ3v) is 8.95. The fourth-order valence-corrected chi connectivity index (χ4v) is 6.79. The molecule has 2 aliphatic heterocycles. The highest BCUT2D eigenvalue weighted by Crippen LogP contribution is 2.50. The van der Waals surface area contributed by atoms with Crippen molar-refractivity contribution in [3.63, 3.8) is 0 Å². The van der Waals surface area contributed by atoms with E-state index in [9.17, 15) is 18.0 Å². The maximum atomic E-state index is 14.0. The summed E-state index contributed by atoms with van der Waals surface area (Å²) in [5.74, 6) is -1.80. The van der Waals surface area contributed by atoms with Gasteiger partial charge in [-0.2, -0.15) is 18.3 Å². The van der Waals surface area contributed by atoms with E-state index in [0.29, 0.717) is 22.5 Å². The van der Waals surface area contributed by atoms with E-state index < -0.39 is 23.6 Å². The molecule has 2 aliphatic rings. The van der Waals surface area contributed by atoms with Crippen LogP contribution in [0.5, 0.6) is 0 Å². The number of alkyl halides is 3. The summed E-state index contributed by atoms with van der Waals surface area (Å²) in [5.41, 5.74) is 5.28. The van der Waals surface area contributed by atoms with E-state index in [0.717, 1.165) is 22.9 Å². The number of carbonyl (C=O) groups is 1. The van der Waals surface area contributed by atoms with E-state index in [1.165, 1.54) is 17.4 Å². The molecule has 16 heteroatoms. The minimum absolute atomic E-state index is 0.0576. The normalized spacial score (nSPS) is 23.8. The molecule has 1 aromatic carbocycles. The highest BCUT2D eigenvalue weighted by atomic mass is 35.5. The summed E-state index contributed by atoms with van der Waals surface area (Å²) in [6.45, 7) is 1.99. The monoisotopic (exact) mass is 621 g/mol. The molecule has 3 aromatic rings. The third kappa shape index (κ3) is 5.89. The van der Waals surface area contributed by atoms with Crippen LogP contribution < -0.4 is 11.1 Å². The molecular weight excluding hydrogens is 601 g/mol. The van der Waals surface area contributed by atoms with Crippen molar-refractivity contribution in [2.24, 2.45) is 5.73 Å². The largest absolute Gasteiger partial charge is 0.461 e. The lowest BCUT2D eigenvalue weighted by Crippen LogP contribution is -2.58. The number of fused-ring (bicyclic) bond motifs is 1. The number of hydrogen-bond donors (Lipinski definition) is 2. The van der Waals surface area contributed by atoms with Crippen LogP contribution in [0, 0.1) is 0 Å².